The Hall–Kier alpha value is -3.34. The fraction of sp³-hybridized carbons (Fsp3) is 0.182. The highest BCUT2D eigenvalue weighted by atomic mass is 16.7. The first-order chi connectivity index (χ1) is 12.9. The van der Waals surface area contributed by atoms with Crippen LogP contribution in [0.2, 0.25) is 0 Å². The zero-order valence-electron chi connectivity index (χ0n) is 15.2. The Labute approximate surface area is 158 Å². The lowest BCUT2D eigenvalue weighted by molar-refractivity contribution is -0.212. The van der Waals surface area contributed by atoms with E-state index in [1.54, 1.807) is 24.3 Å². The summed E-state index contributed by atoms with van der Waals surface area (Å²) in [6, 6.07) is 18.2. The molecule has 2 aromatic rings. The van der Waals surface area contributed by atoms with E-state index in [0.717, 1.165) is 11.6 Å². The van der Waals surface area contributed by atoms with Gasteiger partial charge in [0, 0.05) is 11.6 Å². The minimum atomic E-state index is -1.56. The molecule has 0 amide bonds. The first-order valence-corrected chi connectivity index (χ1v) is 8.40. The molecule has 2 aromatic carbocycles. The summed E-state index contributed by atoms with van der Waals surface area (Å²) in [4.78, 5) is 23.9. The van der Waals surface area contributed by atoms with Gasteiger partial charge in [0.15, 0.2) is 6.61 Å². The van der Waals surface area contributed by atoms with Gasteiger partial charge in [-0.15, -0.1) is 0 Å². The number of para-hydroxylation sites is 1. The first-order valence-electron chi connectivity index (χ1n) is 8.40. The van der Waals surface area contributed by atoms with Crippen LogP contribution in [0.4, 0.5) is 0 Å². The van der Waals surface area contributed by atoms with E-state index in [-0.39, 0.29) is 18.6 Å². The smallest absolute Gasteiger partial charge is 0.333 e. The maximum Gasteiger partial charge on any atom is 0.333 e. The van der Waals surface area contributed by atoms with E-state index in [0.29, 0.717) is 5.75 Å². The summed E-state index contributed by atoms with van der Waals surface area (Å²) in [7, 11) is 0. The Balaban J connectivity index is 2.38. The Bertz CT molecular complexity index is 754. The minimum Gasteiger partial charge on any atom is -0.454 e. The second-order valence-corrected chi connectivity index (χ2v) is 5.97. The van der Waals surface area contributed by atoms with Crippen molar-refractivity contribution in [3.63, 3.8) is 0 Å². The molecule has 0 bridgehead atoms. The summed E-state index contributed by atoms with van der Waals surface area (Å²) in [5, 5.41) is 0. The number of ether oxygens (including phenoxy) is 3. The van der Waals surface area contributed by atoms with Crippen molar-refractivity contribution in [2.24, 2.45) is 0 Å². The second kappa shape index (κ2) is 9.38. The van der Waals surface area contributed by atoms with Crippen molar-refractivity contribution in [3.8, 4) is 5.75 Å². The average Bonchev–Trinajstić information content (AvgIpc) is 2.67. The van der Waals surface area contributed by atoms with Crippen LogP contribution in [0.1, 0.15) is 12.5 Å². The van der Waals surface area contributed by atoms with Crippen molar-refractivity contribution in [3.05, 3.63) is 91.0 Å². The van der Waals surface area contributed by atoms with Crippen LogP contribution in [0, 0.1) is 0 Å². The molecular weight excluding hydrogens is 344 g/mol. The highest BCUT2D eigenvalue weighted by Crippen LogP contribution is 2.25. The van der Waals surface area contributed by atoms with Gasteiger partial charge < -0.3 is 14.2 Å². The van der Waals surface area contributed by atoms with Gasteiger partial charge in [0.2, 0.25) is 0 Å². The van der Waals surface area contributed by atoms with E-state index in [1.165, 1.54) is 6.92 Å². The monoisotopic (exact) mass is 366 g/mol. The van der Waals surface area contributed by atoms with Gasteiger partial charge in [-0.05, 0) is 24.6 Å². The molecule has 1 atom stereocenters. The molecule has 0 aliphatic rings. The van der Waals surface area contributed by atoms with Gasteiger partial charge in [0.1, 0.15) is 5.75 Å². The lowest BCUT2D eigenvalue weighted by atomic mass is 10.0. The van der Waals surface area contributed by atoms with Gasteiger partial charge in [-0.3, -0.25) is 0 Å². The van der Waals surface area contributed by atoms with Crippen LogP contribution in [-0.2, 0) is 25.5 Å². The Morgan fingerprint density at radius 1 is 1.04 bits per heavy atom. The lowest BCUT2D eigenvalue weighted by Gasteiger charge is -2.33. The maximum atomic E-state index is 12.0. The Morgan fingerprint density at radius 3 is 2.19 bits per heavy atom. The Morgan fingerprint density at radius 2 is 1.63 bits per heavy atom. The average molecular weight is 366 g/mol. The van der Waals surface area contributed by atoms with Crippen molar-refractivity contribution >= 4 is 11.9 Å². The van der Waals surface area contributed by atoms with Crippen LogP contribution in [0.5, 0.6) is 5.75 Å². The molecule has 0 saturated carbocycles. The van der Waals surface area contributed by atoms with Crippen molar-refractivity contribution in [1.82, 2.24) is 0 Å². The lowest BCUT2D eigenvalue weighted by Crippen LogP contribution is -2.48. The summed E-state index contributed by atoms with van der Waals surface area (Å²) in [5.41, 5.74) is 1.08. The molecule has 0 aromatic heterocycles. The number of rotatable bonds is 9. The molecule has 1 unspecified atom stereocenters. The standard InChI is InChI=1S/C22H22O5/c1-4-20(23)27-22(16-25-21(24)17(2)3,15-18-11-7-5-8-12-18)26-19-13-9-6-10-14-19/h4-14H,1-2,15-16H2,3H3. The van der Waals surface area contributed by atoms with E-state index >= 15 is 0 Å². The summed E-state index contributed by atoms with van der Waals surface area (Å²) in [5.74, 6) is -2.37. The molecule has 27 heavy (non-hydrogen) atoms. The maximum absolute atomic E-state index is 12.0. The molecule has 0 heterocycles. The van der Waals surface area contributed by atoms with Gasteiger partial charge in [-0.1, -0.05) is 61.7 Å². The number of hydrogen-bond acceptors (Lipinski definition) is 5. The van der Waals surface area contributed by atoms with Crippen LogP contribution in [-0.4, -0.2) is 24.3 Å². The number of carbonyl (C=O) groups is 2. The predicted molar refractivity (Wildman–Crippen MR) is 102 cm³/mol. The number of hydrogen-bond donors (Lipinski definition) is 0. The van der Waals surface area contributed by atoms with Crippen LogP contribution in [0.3, 0.4) is 0 Å². The van der Waals surface area contributed by atoms with E-state index in [9.17, 15) is 9.59 Å². The highest BCUT2D eigenvalue weighted by molar-refractivity contribution is 5.87. The number of esters is 2. The Kier molecular flexibility index (Phi) is 6.94. The molecule has 0 fully saturated rings. The van der Waals surface area contributed by atoms with Crippen molar-refractivity contribution in [2.45, 2.75) is 19.1 Å². The van der Waals surface area contributed by atoms with Gasteiger partial charge in [-0.25, -0.2) is 9.59 Å². The molecule has 0 aliphatic heterocycles. The van der Waals surface area contributed by atoms with Gasteiger partial charge in [-0.2, -0.15) is 0 Å². The van der Waals surface area contributed by atoms with Crippen LogP contribution in [0.15, 0.2) is 85.5 Å². The molecule has 140 valence electrons. The molecule has 0 N–H and O–H groups in total. The second-order valence-electron chi connectivity index (χ2n) is 5.97. The predicted octanol–water partition coefficient (Wildman–Crippen LogP) is 3.85. The molecule has 0 spiro atoms. The minimum absolute atomic E-state index is 0.172. The first kappa shape index (κ1) is 20.0. The van der Waals surface area contributed by atoms with Crippen LogP contribution in [0.25, 0.3) is 0 Å². The zero-order chi connectivity index (χ0) is 19.7. The third kappa shape index (κ3) is 6.15. The third-order valence-electron chi connectivity index (χ3n) is 3.59. The SMILES string of the molecule is C=CC(=O)OC(COC(=O)C(=C)C)(Cc1ccccc1)Oc1ccccc1. The number of benzene rings is 2. The van der Waals surface area contributed by atoms with E-state index < -0.39 is 17.7 Å². The van der Waals surface area contributed by atoms with Crippen LogP contribution >= 0.6 is 0 Å². The normalized spacial score (nSPS) is 12.3. The highest BCUT2D eigenvalue weighted by Gasteiger charge is 2.39. The molecule has 0 aliphatic carbocycles. The van der Waals surface area contributed by atoms with Crippen molar-refractivity contribution in [1.29, 1.82) is 0 Å². The molecule has 0 saturated heterocycles. The number of carbonyl (C=O) groups excluding carboxylic acids is 2. The summed E-state index contributed by atoms with van der Waals surface area (Å²) >= 11 is 0. The van der Waals surface area contributed by atoms with Crippen molar-refractivity contribution < 1.29 is 23.8 Å². The fourth-order valence-electron chi connectivity index (χ4n) is 2.34. The summed E-state index contributed by atoms with van der Waals surface area (Å²) < 4.78 is 16.8. The van der Waals surface area contributed by atoms with Crippen molar-refractivity contribution in [2.75, 3.05) is 6.61 Å². The van der Waals surface area contributed by atoms with Gasteiger partial charge >= 0.3 is 11.9 Å². The van der Waals surface area contributed by atoms with E-state index in [2.05, 4.69) is 13.2 Å². The zero-order valence-corrected chi connectivity index (χ0v) is 15.2. The topological polar surface area (TPSA) is 61.8 Å². The largest absolute Gasteiger partial charge is 0.454 e. The quantitative estimate of drug-likeness (QED) is 0.383. The van der Waals surface area contributed by atoms with Gasteiger partial charge in [0.25, 0.3) is 5.79 Å². The summed E-state index contributed by atoms with van der Waals surface area (Å²) in [6.45, 7) is 8.23. The van der Waals surface area contributed by atoms with E-state index in [1.807, 2.05) is 36.4 Å². The molecule has 5 nitrogen and oxygen atoms in total. The summed E-state index contributed by atoms with van der Waals surface area (Å²) in [6.07, 6.45) is 1.21. The van der Waals surface area contributed by atoms with E-state index in [4.69, 9.17) is 14.2 Å². The van der Waals surface area contributed by atoms with Crippen LogP contribution < -0.4 is 4.74 Å². The molecule has 5 heteroatoms. The fourth-order valence-corrected chi connectivity index (χ4v) is 2.34. The van der Waals surface area contributed by atoms with Gasteiger partial charge in [0.05, 0.1) is 6.42 Å². The molecular formula is C22H22O5. The molecule has 2 rings (SSSR count). The third-order valence-corrected chi connectivity index (χ3v) is 3.59. The molecule has 0 radical (unpaired) electrons.